The molecule has 3 aliphatic rings. The number of nitriles is 1. The Morgan fingerprint density at radius 3 is 2.59 bits per heavy atom. The molecule has 0 spiro atoms. The van der Waals surface area contributed by atoms with Crippen LogP contribution in [-0.2, 0) is 22.7 Å². The molecule has 7 rings (SSSR count). The molecule has 206 valence electrons. The minimum absolute atomic E-state index is 0.0181. The molecule has 0 atom stereocenters. The zero-order valence-corrected chi connectivity index (χ0v) is 21.7. The van der Waals surface area contributed by atoms with Crippen molar-refractivity contribution < 1.29 is 23.2 Å². The first-order chi connectivity index (χ1) is 19.7. The number of nitrogens with zero attached hydrogens (tertiary/aromatic N) is 6. The van der Waals surface area contributed by atoms with Crippen molar-refractivity contribution in [3.05, 3.63) is 71.3 Å². The number of nitrogens with one attached hydrogen (secondary N) is 1. The van der Waals surface area contributed by atoms with E-state index >= 15 is 0 Å². The van der Waals surface area contributed by atoms with E-state index in [1.807, 2.05) is 10.6 Å². The molecule has 1 aromatic carbocycles. The van der Waals surface area contributed by atoms with Gasteiger partial charge in [-0.1, -0.05) is 6.07 Å². The highest BCUT2D eigenvalue weighted by Crippen LogP contribution is 2.39. The Labute approximate surface area is 232 Å². The van der Waals surface area contributed by atoms with Crippen molar-refractivity contribution in [3.63, 3.8) is 0 Å². The van der Waals surface area contributed by atoms with Crippen LogP contribution in [0.1, 0.15) is 35.2 Å². The number of halogens is 2. The van der Waals surface area contributed by atoms with Gasteiger partial charge in [-0.2, -0.15) is 5.26 Å². The van der Waals surface area contributed by atoms with E-state index in [0.717, 1.165) is 5.52 Å². The molecule has 1 saturated heterocycles. The van der Waals surface area contributed by atoms with E-state index in [9.17, 15) is 28.4 Å². The third-order valence-electron chi connectivity index (χ3n) is 8.06. The Morgan fingerprint density at radius 1 is 1.02 bits per heavy atom. The zero-order valence-electron chi connectivity index (χ0n) is 21.7. The van der Waals surface area contributed by atoms with Crippen LogP contribution in [0.2, 0.25) is 0 Å². The standard InChI is InChI=1S/C29H23F2N7O3/c30-29(31)4-7-35(8-5-29)28(41)37-10-9-36-16-20(19-12-17(13-32)11-18(15-37)25(19)36)23-24(27(40)34-26(23)39)21-14-33-22-3-1-2-6-38(21)22/h1-3,6,11-12,14,16H,4-5,7-10,15H2,(H,34,39,40). The number of carbonyl (C=O) groups excluding carboxylic acids is 3. The van der Waals surface area contributed by atoms with E-state index in [0.29, 0.717) is 46.5 Å². The first-order valence-corrected chi connectivity index (χ1v) is 13.2. The number of amides is 4. The number of pyridine rings is 1. The monoisotopic (exact) mass is 555 g/mol. The third kappa shape index (κ3) is 3.96. The Morgan fingerprint density at radius 2 is 1.80 bits per heavy atom. The number of hydrogen-bond acceptors (Lipinski definition) is 5. The third-order valence-corrected chi connectivity index (χ3v) is 8.06. The molecular formula is C29H23F2N7O3. The van der Waals surface area contributed by atoms with Gasteiger partial charge in [0, 0.05) is 68.9 Å². The number of carbonyl (C=O) groups is 3. The second kappa shape index (κ2) is 8.99. The highest BCUT2D eigenvalue weighted by molar-refractivity contribution is 6.49. The van der Waals surface area contributed by atoms with Crippen molar-refractivity contribution in [2.45, 2.75) is 31.9 Å². The van der Waals surface area contributed by atoms with Crippen LogP contribution < -0.4 is 5.32 Å². The molecule has 0 bridgehead atoms. The molecule has 4 aromatic rings. The second-order valence-electron chi connectivity index (χ2n) is 10.5. The minimum atomic E-state index is -2.76. The predicted octanol–water partition coefficient (Wildman–Crippen LogP) is 3.39. The van der Waals surface area contributed by atoms with Crippen LogP contribution >= 0.6 is 0 Å². The number of benzene rings is 1. The molecule has 6 heterocycles. The summed E-state index contributed by atoms with van der Waals surface area (Å²) in [6, 6.07) is 10.7. The number of alkyl halides is 2. The van der Waals surface area contributed by atoms with E-state index in [1.165, 1.54) is 4.90 Å². The molecule has 0 aliphatic carbocycles. The second-order valence-corrected chi connectivity index (χ2v) is 10.5. The maximum Gasteiger partial charge on any atom is 0.320 e. The fraction of sp³-hybridized carbons (Fsp3) is 0.276. The quantitative estimate of drug-likeness (QED) is 0.381. The van der Waals surface area contributed by atoms with Crippen LogP contribution in [0.5, 0.6) is 0 Å². The summed E-state index contributed by atoms with van der Waals surface area (Å²) < 4.78 is 31.0. The lowest BCUT2D eigenvalue weighted by molar-refractivity contribution is -0.122. The van der Waals surface area contributed by atoms with Crippen molar-refractivity contribution in [2.24, 2.45) is 0 Å². The number of imide groups is 1. The fourth-order valence-electron chi connectivity index (χ4n) is 6.07. The van der Waals surface area contributed by atoms with Crippen molar-refractivity contribution in [1.29, 1.82) is 5.26 Å². The number of aromatic nitrogens is 3. The predicted molar refractivity (Wildman–Crippen MR) is 143 cm³/mol. The van der Waals surface area contributed by atoms with Crippen molar-refractivity contribution in [2.75, 3.05) is 19.6 Å². The summed E-state index contributed by atoms with van der Waals surface area (Å²) in [7, 11) is 0. The highest BCUT2D eigenvalue weighted by atomic mass is 19.3. The van der Waals surface area contributed by atoms with Crippen molar-refractivity contribution >= 4 is 45.5 Å². The number of urea groups is 1. The Hall–Kier alpha value is -5.05. The number of likely N-dealkylation sites (tertiary alicyclic amines) is 1. The number of rotatable bonds is 2. The smallest absolute Gasteiger partial charge is 0.320 e. The minimum Gasteiger partial charge on any atom is -0.345 e. The summed E-state index contributed by atoms with van der Waals surface area (Å²) in [5.74, 6) is -3.85. The molecule has 0 saturated carbocycles. The summed E-state index contributed by atoms with van der Waals surface area (Å²) in [5.41, 5.74) is 3.74. The molecule has 0 unspecified atom stereocenters. The van der Waals surface area contributed by atoms with E-state index < -0.39 is 17.7 Å². The van der Waals surface area contributed by atoms with Gasteiger partial charge in [0.05, 0.1) is 40.2 Å². The first-order valence-electron chi connectivity index (χ1n) is 13.2. The van der Waals surface area contributed by atoms with Gasteiger partial charge in [0.2, 0.25) is 0 Å². The van der Waals surface area contributed by atoms with Crippen LogP contribution in [0.15, 0.2) is 48.9 Å². The van der Waals surface area contributed by atoms with E-state index in [2.05, 4.69) is 16.4 Å². The average Bonchev–Trinajstić information content (AvgIpc) is 3.58. The van der Waals surface area contributed by atoms with Crippen LogP contribution in [0.25, 0.3) is 27.7 Å². The molecule has 12 heteroatoms. The largest absolute Gasteiger partial charge is 0.345 e. The van der Waals surface area contributed by atoms with Crippen LogP contribution in [0.3, 0.4) is 0 Å². The summed E-state index contributed by atoms with van der Waals surface area (Å²) in [4.78, 5) is 47.1. The molecule has 1 fully saturated rings. The number of hydrogen-bond donors (Lipinski definition) is 1. The number of piperidine rings is 1. The van der Waals surface area contributed by atoms with E-state index in [-0.39, 0.29) is 49.7 Å². The van der Waals surface area contributed by atoms with Gasteiger partial charge in [-0.3, -0.25) is 19.3 Å². The maximum absolute atomic E-state index is 13.7. The van der Waals surface area contributed by atoms with Crippen LogP contribution in [0.4, 0.5) is 13.6 Å². The fourth-order valence-corrected chi connectivity index (χ4v) is 6.07. The van der Waals surface area contributed by atoms with Gasteiger partial charge in [-0.15, -0.1) is 0 Å². The normalized spacial score (nSPS) is 18.7. The Kier molecular flexibility index (Phi) is 5.47. The maximum atomic E-state index is 13.7. The molecule has 3 aliphatic heterocycles. The molecule has 10 nitrogen and oxygen atoms in total. The summed E-state index contributed by atoms with van der Waals surface area (Å²) in [6.45, 7) is 0.811. The van der Waals surface area contributed by atoms with E-state index in [4.69, 9.17) is 0 Å². The number of fused-ring (bicyclic) bond motifs is 1. The van der Waals surface area contributed by atoms with Crippen LogP contribution in [0, 0.1) is 11.3 Å². The Balaban J connectivity index is 1.34. The van der Waals surface area contributed by atoms with Crippen molar-refractivity contribution in [3.8, 4) is 6.07 Å². The summed E-state index contributed by atoms with van der Waals surface area (Å²) in [5, 5.41) is 12.9. The summed E-state index contributed by atoms with van der Waals surface area (Å²) >= 11 is 0. The summed E-state index contributed by atoms with van der Waals surface area (Å²) in [6.07, 6.45) is 4.36. The molecule has 4 amide bonds. The topological polar surface area (TPSA) is 116 Å². The number of imidazole rings is 1. The van der Waals surface area contributed by atoms with Gasteiger partial charge in [0.15, 0.2) is 0 Å². The lowest BCUT2D eigenvalue weighted by Gasteiger charge is -2.35. The highest BCUT2D eigenvalue weighted by Gasteiger charge is 2.38. The lowest BCUT2D eigenvalue weighted by atomic mass is 9.97. The SMILES string of the molecule is N#Cc1cc2c3c(c1)c(C1=C(c4cnc5ccccn45)C(=O)NC1=O)cn3CCN(C(=O)N1CCC(F)(F)CC1)C2. The Bertz CT molecular complexity index is 1870. The zero-order chi connectivity index (χ0) is 28.5. The van der Waals surface area contributed by atoms with Gasteiger partial charge in [-0.05, 0) is 29.8 Å². The average molecular weight is 556 g/mol. The molecule has 0 radical (unpaired) electrons. The first kappa shape index (κ1) is 25.0. The van der Waals surface area contributed by atoms with Gasteiger partial charge in [-0.25, -0.2) is 18.6 Å². The van der Waals surface area contributed by atoms with Crippen molar-refractivity contribution in [1.82, 2.24) is 29.1 Å². The molecule has 1 N–H and O–H groups in total. The van der Waals surface area contributed by atoms with Crippen LogP contribution in [-0.4, -0.2) is 67.2 Å². The molecular weight excluding hydrogens is 532 g/mol. The van der Waals surface area contributed by atoms with E-state index in [1.54, 1.807) is 52.2 Å². The van der Waals surface area contributed by atoms with Gasteiger partial charge in [0.1, 0.15) is 5.65 Å². The van der Waals surface area contributed by atoms with Gasteiger partial charge >= 0.3 is 6.03 Å². The molecule has 41 heavy (non-hydrogen) atoms. The van der Waals surface area contributed by atoms with Gasteiger partial charge < -0.3 is 14.4 Å². The van der Waals surface area contributed by atoms with Gasteiger partial charge in [0.25, 0.3) is 17.7 Å². The molecule has 3 aromatic heterocycles. The lowest BCUT2D eigenvalue weighted by Crippen LogP contribution is -2.49.